The molecule has 23 heavy (non-hydrogen) atoms. The van der Waals surface area contributed by atoms with Crippen molar-refractivity contribution >= 4 is 16.0 Å². The summed E-state index contributed by atoms with van der Waals surface area (Å²) in [5.74, 6) is -0.349. The molecule has 0 N–H and O–H groups in total. The fourth-order valence-corrected chi connectivity index (χ4v) is 4.49. The van der Waals surface area contributed by atoms with E-state index in [9.17, 15) is 13.2 Å². The minimum Gasteiger partial charge on any atom is -0.469 e. The van der Waals surface area contributed by atoms with E-state index in [2.05, 4.69) is 16.9 Å². The number of benzene rings is 1. The number of sulfonamides is 1. The molecule has 1 aliphatic rings. The van der Waals surface area contributed by atoms with E-state index in [0.29, 0.717) is 12.3 Å². The van der Waals surface area contributed by atoms with Crippen LogP contribution in [0, 0.1) is 11.8 Å². The van der Waals surface area contributed by atoms with Gasteiger partial charge in [-0.15, -0.1) is 0 Å². The van der Waals surface area contributed by atoms with Crippen LogP contribution in [-0.4, -0.2) is 45.1 Å². The number of ether oxygens (including phenoxy) is 1. The van der Waals surface area contributed by atoms with Crippen molar-refractivity contribution in [1.29, 1.82) is 0 Å². The van der Waals surface area contributed by atoms with Gasteiger partial charge in [0.2, 0.25) is 10.0 Å². The number of carbonyl (C=O) groups is 1. The molecule has 0 spiro atoms. The molecule has 128 valence electrons. The molecule has 1 aromatic rings. The first kappa shape index (κ1) is 17.9. The molecular formula is C17H25NO4S. The highest BCUT2D eigenvalue weighted by atomic mass is 32.2. The van der Waals surface area contributed by atoms with E-state index in [1.807, 2.05) is 12.1 Å². The maximum absolute atomic E-state index is 12.4. The van der Waals surface area contributed by atoms with Crippen molar-refractivity contribution in [1.82, 2.24) is 4.31 Å². The first-order chi connectivity index (χ1) is 10.8. The minimum absolute atomic E-state index is 0.121. The zero-order valence-electron chi connectivity index (χ0n) is 14.0. The highest BCUT2D eigenvalue weighted by Gasteiger charge is 2.27. The van der Waals surface area contributed by atoms with Crippen LogP contribution in [-0.2, 0) is 32.4 Å². The maximum atomic E-state index is 12.4. The van der Waals surface area contributed by atoms with Gasteiger partial charge in [-0.05, 0) is 36.3 Å². The van der Waals surface area contributed by atoms with Crippen molar-refractivity contribution in [2.45, 2.75) is 26.2 Å². The van der Waals surface area contributed by atoms with Gasteiger partial charge in [-0.2, -0.15) is 0 Å². The maximum Gasteiger partial charge on any atom is 0.309 e. The summed E-state index contributed by atoms with van der Waals surface area (Å²) in [6.07, 6.45) is 2.55. The lowest BCUT2D eigenvalue weighted by Crippen LogP contribution is -2.36. The van der Waals surface area contributed by atoms with Crippen LogP contribution in [0.25, 0.3) is 0 Å². The number of methoxy groups -OCH3 is 1. The molecule has 6 heteroatoms. The highest BCUT2D eigenvalue weighted by Crippen LogP contribution is 2.29. The minimum atomic E-state index is -3.35. The van der Waals surface area contributed by atoms with Gasteiger partial charge in [0.05, 0.1) is 18.8 Å². The molecule has 0 aliphatic heterocycles. The summed E-state index contributed by atoms with van der Waals surface area (Å²) in [7, 11) is -0.510. The number of fused-ring (bicyclic) bond motifs is 1. The summed E-state index contributed by atoms with van der Waals surface area (Å²) in [5, 5.41) is 0. The lowest BCUT2D eigenvalue weighted by Gasteiger charge is -2.20. The molecule has 1 aliphatic carbocycles. The van der Waals surface area contributed by atoms with Crippen molar-refractivity contribution in [3.63, 3.8) is 0 Å². The van der Waals surface area contributed by atoms with Crippen LogP contribution in [0.2, 0.25) is 0 Å². The quantitative estimate of drug-likeness (QED) is 0.711. The lowest BCUT2D eigenvalue weighted by molar-refractivity contribution is -0.144. The van der Waals surface area contributed by atoms with Crippen molar-refractivity contribution in [3.8, 4) is 0 Å². The second kappa shape index (κ2) is 7.45. The van der Waals surface area contributed by atoms with Crippen molar-refractivity contribution in [3.05, 3.63) is 35.4 Å². The van der Waals surface area contributed by atoms with E-state index in [0.717, 1.165) is 12.8 Å². The Bertz CT molecular complexity index is 631. The van der Waals surface area contributed by atoms with E-state index in [1.54, 1.807) is 6.92 Å². The largest absolute Gasteiger partial charge is 0.469 e. The fraction of sp³-hybridized carbons (Fsp3) is 0.588. The van der Waals surface area contributed by atoms with Crippen molar-refractivity contribution < 1.29 is 17.9 Å². The van der Waals surface area contributed by atoms with Crippen LogP contribution in [0.3, 0.4) is 0 Å². The molecule has 1 aromatic carbocycles. The Morgan fingerprint density at radius 2 is 1.87 bits per heavy atom. The van der Waals surface area contributed by atoms with Gasteiger partial charge in [-0.1, -0.05) is 31.2 Å². The van der Waals surface area contributed by atoms with Gasteiger partial charge < -0.3 is 4.74 Å². The third kappa shape index (κ3) is 4.54. The summed E-state index contributed by atoms with van der Waals surface area (Å²) >= 11 is 0. The Morgan fingerprint density at radius 1 is 1.30 bits per heavy atom. The number of hydrogen-bond donors (Lipinski definition) is 0. The number of carbonyl (C=O) groups excluding carboxylic acids is 1. The van der Waals surface area contributed by atoms with Gasteiger partial charge in [-0.25, -0.2) is 12.7 Å². The zero-order chi connectivity index (χ0) is 17.0. The third-order valence-electron chi connectivity index (χ3n) is 4.53. The summed E-state index contributed by atoms with van der Waals surface area (Å²) in [6.45, 7) is 1.82. The average Bonchev–Trinajstić information content (AvgIpc) is 2.95. The predicted molar refractivity (Wildman–Crippen MR) is 89.6 cm³/mol. The topological polar surface area (TPSA) is 63.7 Å². The summed E-state index contributed by atoms with van der Waals surface area (Å²) in [5.41, 5.74) is 2.67. The smallest absolute Gasteiger partial charge is 0.309 e. The molecule has 0 fully saturated rings. The lowest BCUT2D eigenvalue weighted by atomic mass is 10.0. The Hall–Kier alpha value is -1.40. The molecule has 2 rings (SSSR count). The molecule has 0 saturated heterocycles. The number of nitrogens with zero attached hydrogens (tertiary/aromatic N) is 1. The SMILES string of the molecule is COC(=O)[C@@H](C)CN(C)S(=O)(=O)CCC1Cc2ccccc2C1. The van der Waals surface area contributed by atoms with E-state index in [1.165, 1.54) is 29.6 Å². The molecule has 0 heterocycles. The Labute approximate surface area is 138 Å². The van der Waals surface area contributed by atoms with Gasteiger partial charge in [0.25, 0.3) is 0 Å². The van der Waals surface area contributed by atoms with Crippen LogP contribution < -0.4 is 0 Å². The van der Waals surface area contributed by atoms with E-state index in [-0.39, 0.29) is 12.3 Å². The molecular weight excluding hydrogens is 314 g/mol. The molecule has 5 nitrogen and oxygen atoms in total. The molecule has 0 radical (unpaired) electrons. The Kier molecular flexibility index (Phi) is 5.81. The second-order valence-corrected chi connectivity index (χ2v) is 8.55. The van der Waals surface area contributed by atoms with Gasteiger partial charge in [0, 0.05) is 13.6 Å². The van der Waals surface area contributed by atoms with Crippen LogP contribution in [0.15, 0.2) is 24.3 Å². The highest BCUT2D eigenvalue weighted by molar-refractivity contribution is 7.89. The van der Waals surface area contributed by atoms with Crippen LogP contribution in [0.5, 0.6) is 0 Å². The number of esters is 1. The summed E-state index contributed by atoms with van der Waals surface area (Å²) in [4.78, 5) is 11.4. The van der Waals surface area contributed by atoms with E-state index < -0.39 is 21.9 Å². The first-order valence-electron chi connectivity index (χ1n) is 7.92. The summed E-state index contributed by atoms with van der Waals surface area (Å²) < 4.78 is 30.7. The van der Waals surface area contributed by atoms with Crippen LogP contribution in [0.4, 0.5) is 0 Å². The Balaban J connectivity index is 1.86. The van der Waals surface area contributed by atoms with Crippen LogP contribution >= 0.6 is 0 Å². The number of hydrogen-bond acceptors (Lipinski definition) is 4. The normalized spacial score (nSPS) is 16.3. The molecule has 0 unspecified atom stereocenters. The molecule has 0 bridgehead atoms. The fourth-order valence-electron chi connectivity index (χ4n) is 3.10. The van der Waals surface area contributed by atoms with Gasteiger partial charge >= 0.3 is 5.97 Å². The van der Waals surface area contributed by atoms with Crippen LogP contribution in [0.1, 0.15) is 24.5 Å². The standard InChI is InChI=1S/C17H25NO4S/c1-13(17(19)22-3)12-18(2)23(20,21)9-8-14-10-15-6-4-5-7-16(15)11-14/h4-7,13-14H,8-12H2,1-3H3/t13-/m0/s1. The second-order valence-electron chi connectivity index (χ2n) is 6.35. The molecule has 0 saturated carbocycles. The van der Waals surface area contributed by atoms with Gasteiger partial charge in [-0.3, -0.25) is 4.79 Å². The van der Waals surface area contributed by atoms with Gasteiger partial charge in [0.15, 0.2) is 0 Å². The first-order valence-corrected chi connectivity index (χ1v) is 9.53. The third-order valence-corrected chi connectivity index (χ3v) is 6.38. The van der Waals surface area contributed by atoms with Crippen molar-refractivity contribution in [2.24, 2.45) is 11.8 Å². The molecule has 1 atom stereocenters. The monoisotopic (exact) mass is 339 g/mol. The average molecular weight is 339 g/mol. The molecule has 0 amide bonds. The summed E-state index contributed by atoms with van der Waals surface area (Å²) in [6, 6.07) is 8.29. The van der Waals surface area contributed by atoms with E-state index in [4.69, 9.17) is 0 Å². The Morgan fingerprint density at radius 3 is 2.39 bits per heavy atom. The molecule has 0 aromatic heterocycles. The van der Waals surface area contributed by atoms with E-state index >= 15 is 0 Å². The number of rotatable bonds is 7. The zero-order valence-corrected chi connectivity index (χ0v) is 14.8. The predicted octanol–water partition coefficient (Wildman–Crippen LogP) is 1.86. The van der Waals surface area contributed by atoms with Gasteiger partial charge in [0.1, 0.15) is 0 Å². The van der Waals surface area contributed by atoms with Crippen molar-refractivity contribution in [2.75, 3.05) is 26.5 Å².